The number of nitrogens with two attached hydrogens (primary N) is 1. The van der Waals surface area contributed by atoms with Crippen molar-refractivity contribution in [3.63, 3.8) is 0 Å². The second-order valence-corrected chi connectivity index (χ2v) is 4.58. The fourth-order valence-corrected chi connectivity index (χ4v) is 1.97. The van der Waals surface area contributed by atoms with Crippen molar-refractivity contribution in [1.29, 1.82) is 0 Å². The number of nitrogens with one attached hydrogen (secondary N) is 2. The fourth-order valence-electron chi connectivity index (χ4n) is 1.97. The molecule has 0 spiro atoms. The Morgan fingerprint density at radius 1 is 1.19 bits per heavy atom. The van der Waals surface area contributed by atoms with E-state index in [0.717, 1.165) is 23.4 Å². The maximum Gasteiger partial charge on any atom is 0.251 e. The van der Waals surface area contributed by atoms with E-state index in [2.05, 4.69) is 10.7 Å². The third-order valence-electron chi connectivity index (χ3n) is 3.15. The number of amides is 1. The van der Waals surface area contributed by atoms with Crippen LogP contribution in [0, 0.1) is 0 Å². The van der Waals surface area contributed by atoms with Gasteiger partial charge in [0.1, 0.15) is 5.75 Å². The van der Waals surface area contributed by atoms with Gasteiger partial charge in [0.25, 0.3) is 5.91 Å². The Kier molecular flexibility index (Phi) is 5.17. The Hall–Kier alpha value is -2.53. The number of carbonyl (C=O) groups is 1. The Morgan fingerprint density at radius 2 is 1.95 bits per heavy atom. The number of methoxy groups -OCH3 is 1. The Balaban J connectivity index is 1.85. The van der Waals surface area contributed by atoms with Crippen molar-refractivity contribution < 1.29 is 9.53 Å². The zero-order valence-corrected chi connectivity index (χ0v) is 11.9. The molecule has 5 nitrogen and oxygen atoms in total. The lowest BCUT2D eigenvalue weighted by Crippen LogP contribution is -2.25. The van der Waals surface area contributed by atoms with Crippen molar-refractivity contribution >= 4 is 11.6 Å². The van der Waals surface area contributed by atoms with Gasteiger partial charge in [-0.1, -0.05) is 12.1 Å². The van der Waals surface area contributed by atoms with Crippen LogP contribution in [0.2, 0.25) is 0 Å². The van der Waals surface area contributed by atoms with E-state index in [9.17, 15) is 4.79 Å². The standard InChI is InChI=1S/C16H19N3O2/c1-21-15-4-2-3-12(11-15)9-10-18-16(20)13-5-7-14(19-17)8-6-13/h2-8,11,19H,9-10,17H2,1H3,(H,18,20). The minimum Gasteiger partial charge on any atom is -0.497 e. The minimum atomic E-state index is -0.0959. The molecule has 0 aromatic heterocycles. The lowest BCUT2D eigenvalue weighted by Gasteiger charge is -2.07. The highest BCUT2D eigenvalue weighted by Gasteiger charge is 2.04. The Bertz CT molecular complexity index is 597. The predicted molar refractivity (Wildman–Crippen MR) is 83.3 cm³/mol. The zero-order valence-electron chi connectivity index (χ0n) is 11.9. The number of anilines is 1. The number of rotatable bonds is 6. The van der Waals surface area contributed by atoms with E-state index in [-0.39, 0.29) is 5.91 Å². The lowest BCUT2D eigenvalue weighted by molar-refractivity contribution is 0.0954. The van der Waals surface area contributed by atoms with E-state index in [1.165, 1.54) is 0 Å². The number of carbonyl (C=O) groups excluding carboxylic acids is 1. The van der Waals surface area contributed by atoms with Crippen LogP contribution in [0.15, 0.2) is 48.5 Å². The second kappa shape index (κ2) is 7.31. The number of benzene rings is 2. The summed E-state index contributed by atoms with van der Waals surface area (Å²) in [5, 5.41) is 2.89. The van der Waals surface area contributed by atoms with Crippen LogP contribution in [-0.4, -0.2) is 19.6 Å². The van der Waals surface area contributed by atoms with Gasteiger partial charge in [0, 0.05) is 17.8 Å². The normalized spacial score (nSPS) is 10.0. The summed E-state index contributed by atoms with van der Waals surface area (Å²) in [6.45, 7) is 0.572. The Morgan fingerprint density at radius 3 is 2.62 bits per heavy atom. The number of hydrazine groups is 1. The summed E-state index contributed by atoms with van der Waals surface area (Å²) in [6.07, 6.45) is 0.755. The average Bonchev–Trinajstić information content (AvgIpc) is 2.55. The first-order chi connectivity index (χ1) is 10.2. The van der Waals surface area contributed by atoms with Gasteiger partial charge in [0.2, 0.25) is 0 Å². The molecule has 110 valence electrons. The number of hydrogen-bond donors (Lipinski definition) is 3. The number of nitrogen functional groups attached to an aromatic ring is 1. The van der Waals surface area contributed by atoms with E-state index in [1.807, 2.05) is 24.3 Å². The first-order valence-electron chi connectivity index (χ1n) is 6.71. The van der Waals surface area contributed by atoms with Crippen molar-refractivity contribution in [2.24, 2.45) is 5.84 Å². The van der Waals surface area contributed by atoms with Crippen molar-refractivity contribution in [1.82, 2.24) is 5.32 Å². The smallest absolute Gasteiger partial charge is 0.251 e. The molecule has 0 aliphatic carbocycles. The van der Waals surface area contributed by atoms with Gasteiger partial charge in [-0.15, -0.1) is 0 Å². The van der Waals surface area contributed by atoms with Gasteiger partial charge in [-0.2, -0.15) is 0 Å². The Labute approximate surface area is 124 Å². The van der Waals surface area contributed by atoms with Crippen LogP contribution in [0.5, 0.6) is 5.75 Å². The van der Waals surface area contributed by atoms with E-state index in [4.69, 9.17) is 10.6 Å². The first kappa shape index (κ1) is 14.9. The summed E-state index contributed by atoms with van der Waals surface area (Å²) in [7, 11) is 1.64. The van der Waals surface area contributed by atoms with Crippen molar-refractivity contribution in [3.05, 3.63) is 59.7 Å². The van der Waals surface area contributed by atoms with Crippen molar-refractivity contribution in [2.45, 2.75) is 6.42 Å². The van der Waals surface area contributed by atoms with Gasteiger partial charge < -0.3 is 15.5 Å². The molecule has 0 radical (unpaired) electrons. The zero-order chi connectivity index (χ0) is 15.1. The summed E-state index contributed by atoms with van der Waals surface area (Å²) in [5.74, 6) is 6.01. The third kappa shape index (κ3) is 4.22. The predicted octanol–water partition coefficient (Wildman–Crippen LogP) is 1.95. The fraction of sp³-hybridized carbons (Fsp3) is 0.188. The molecule has 0 heterocycles. The summed E-state index contributed by atoms with van der Waals surface area (Å²) in [4.78, 5) is 12.0. The van der Waals surface area contributed by atoms with Crippen LogP contribution in [0.25, 0.3) is 0 Å². The van der Waals surface area contributed by atoms with Crippen LogP contribution in [-0.2, 0) is 6.42 Å². The topological polar surface area (TPSA) is 76.4 Å². The van der Waals surface area contributed by atoms with Gasteiger partial charge in [-0.05, 0) is 48.4 Å². The molecular weight excluding hydrogens is 266 g/mol. The van der Waals surface area contributed by atoms with Gasteiger partial charge in [0.05, 0.1) is 7.11 Å². The maximum absolute atomic E-state index is 12.0. The summed E-state index contributed by atoms with van der Waals surface area (Å²) < 4.78 is 5.17. The molecule has 0 saturated heterocycles. The molecule has 0 aliphatic rings. The average molecular weight is 285 g/mol. The van der Waals surface area contributed by atoms with Crippen LogP contribution < -0.4 is 21.3 Å². The van der Waals surface area contributed by atoms with E-state index in [0.29, 0.717) is 12.1 Å². The highest BCUT2D eigenvalue weighted by molar-refractivity contribution is 5.94. The molecule has 0 unspecified atom stereocenters. The van der Waals surface area contributed by atoms with Gasteiger partial charge in [-0.25, -0.2) is 0 Å². The van der Waals surface area contributed by atoms with Crippen LogP contribution >= 0.6 is 0 Å². The van der Waals surface area contributed by atoms with Gasteiger partial charge >= 0.3 is 0 Å². The largest absolute Gasteiger partial charge is 0.497 e. The molecule has 0 atom stereocenters. The van der Waals surface area contributed by atoms with Crippen molar-refractivity contribution in [2.75, 3.05) is 19.1 Å². The van der Waals surface area contributed by atoms with E-state index in [1.54, 1.807) is 31.4 Å². The van der Waals surface area contributed by atoms with E-state index >= 15 is 0 Å². The van der Waals surface area contributed by atoms with Gasteiger partial charge in [0.15, 0.2) is 0 Å². The first-order valence-corrected chi connectivity index (χ1v) is 6.71. The highest BCUT2D eigenvalue weighted by atomic mass is 16.5. The molecule has 21 heavy (non-hydrogen) atoms. The molecule has 4 N–H and O–H groups in total. The van der Waals surface area contributed by atoms with Gasteiger partial charge in [-0.3, -0.25) is 10.6 Å². The number of ether oxygens (including phenoxy) is 1. The molecule has 5 heteroatoms. The molecule has 1 amide bonds. The molecule has 2 aromatic carbocycles. The molecule has 2 aromatic rings. The molecule has 0 aliphatic heterocycles. The summed E-state index contributed by atoms with van der Waals surface area (Å²) in [6, 6.07) is 14.8. The molecule has 0 fully saturated rings. The second-order valence-electron chi connectivity index (χ2n) is 4.58. The summed E-state index contributed by atoms with van der Waals surface area (Å²) >= 11 is 0. The third-order valence-corrected chi connectivity index (χ3v) is 3.15. The molecule has 0 saturated carbocycles. The molecule has 2 rings (SSSR count). The van der Waals surface area contributed by atoms with Crippen LogP contribution in [0.1, 0.15) is 15.9 Å². The monoisotopic (exact) mass is 285 g/mol. The minimum absolute atomic E-state index is 0.0959. The van der Waals surface area contributed by atoms with E-state index < -0.39 is 0 Å². The number of hydrogen-bond acceptors (Lipinski definition) is 4. The maximum atomic E-state index is 12.0. The SMILES string of the molecule is COc1cccc(CCNC(=O)c2ccc(NN)cc2)c1. The van der Waals surface area contributed by atoms with Crippen LogP contribution in [0.3, 0.4) is 0 Å². The van der Waals surface area contributed by atoms with Crippen molar-refractivity contribution in [3.8, 4) is 5.75 Å². The summed E-state index contributed by atoms with van der Waals surface area (Å²) in [5.41, 5.74) is 5.02. The molecular formula is C16H19N3O2. The highest BCUT2D eigenvalue weighted by Crippen LogP contribution is 2.12. The molecule has 0 bridgehead atoms. The quantitative estimate of drug-likeness (QED) is 0.560. The van der Waals surface area contributed by atoms with Crippen LogP contribution in [0.4, 0.5) is 5.69 Å². The lowest BCUT2D eigenvalue weighted by atomic mass is 10.1.